The minimum atomic E-state index is -0.325. The predicted molar refractivity (Wildman–Crippen MR) is 107 cm³/mol. The molecule has 2 aromatic carbocycles. The molecule has 0 spiro atoms. The van der Waals surface area contributed by atoms with Crippen LogP contribution in [-0.4, -0.2) is 23.8 Å². The summed E-state index contributed by atoms with van der Waals surface area (Å²) in [7, 11) is 0. The lowest BCUT2D eigenvalue weighted by Crippen LogP contribution is -2.13. The molecule has 0 fully saturated rings. The van der Waals surface area contributed by atoms with Crippen LogP contribution in [0.5, 0.6) is 5.75 Å². The van der Waals surface area contributed by atoms with E-state index in [1.807, 2.05) is 51.1 Å². The summed E-state index contributed by atoms with van der Waals surface area (Å²) in [4.78, 5) is 12.5. The fraction of sp³-hybridized carbons (Fsp3) is 0.261. The SMILES string of the molecule is Cc1ccc(-n2c(C)cc(C(=O)OCCOc3cccc(C)c3)c2C)cc1. The van der Waals surface area contributed by atoms with Gasteiger partial charge in [0.25, 0.3) is 0 Å². The van der Waals surface area contributed by atoms with Gasteiger partial charge < -0.3 is 14.0 Å². The van der Waals surface area contributed by atoms with Crippen molar-refractivity contribution in [1.29, 1.82) is 0 Å². The van der Waals surface area contributed by atoms with Gasteiger partial charge in [-0.15, -0.1) is 0 Å². The van der Waals surface area contributed by atoms with Crippen molar-refractivity contribution < 1.29 is 14.3 Å². The fourth-order valence-electron chi connectivity index (χ4n) is 3.14. The summed E-state index contributed by atoms with van der Waals surface area (Å²) in [6.45, 7) is 8.53. The number of hydrogen-bond acceptors (Lipinski definition) is 3. The maximum atomic E-state index is 12.5. The molecule has 0 atom stereocenters. The molecule has 0 aliphatic heterocycles. The third kappa shape index (κ3) is 4.40. The van der Waals surface area contributed by atoms with Crippen molar-refractivity contribution >= 4 is 5.97 Å². The van der Waals surface area contributed by atoms with Gasteiger partial charge in [-0.2, -0.15) is 0 Å². The zero-order valence-corrected chi connectivity index (χ0v) is 16.3. The molecule has 140 valence electrons. The van der Waals surface area contributed by atoms with Gasteiger partial charge in [-0.1, -0.05) is 29.8 Å². The van der Waals surface area contributed by atoms with Crippen LogP contribution in [0.3, 0.4) is 0 Å². The Labute approximate surface area is 160 Å². The van der Waals surface area contributed by atoms with Gasteiger partial charge in [-0.25, -0.2) is 4.79 Å². The van der Waals surface area contributed by atoms with Gasteiger partial charge in [0.2, 0.25) is 0 Å². The van der Waals surface area contributed by atoms with Crippen molar-refractivity contribution in [1.82, 2.24) is 4.57 Å². The van der Waals surface area contributed by atoms with Gasteiger partial charge in [-0.05, 0) is 63.6 Å². The normalized spacial score (nSPS) is 10.7. The topological polar surface area (TPSA) is 40.5 Å². The minimum absolute atomic E-state index is 0.209. The van der Waals surface area contributed by atoms with Gasteiger partial charge in [0.15, 0.2) is 0 Å². The first kappa shape index (κ1) is 18.8. The number of esters is 1. The molecular weight excluding hydrogens is 338 g/mol. The summed E-state index contributed by atoms with van der Waals surface area (Å²) in [5, 5.41) is 0. The van der Waals surface area contributed by atoms with Gasteiger partial charge in [0, 0.05) is 17.1 Å². The number of benzene rings is 2. The summed E-state index contributed by atoms with van der Waals surface area (Å²) in [5.41, 5.74) is 5.84. The Morgan fingerprint density at radius 1 is 0.889 bits per heavy atom. The monoisotopic (exact) mass is 363 g/mol. The summed E-state index contributed by atoms with van der Waals surface area (Å²) >= 11 is 0. The van der Waals surface area contributed by atoms with E-state index >= 15 is 0 Å². The molecule has 4 heteroatoms. The Balaban J connectivity index is 1.63. The number of ether oxygens (including phenoxy) is 2. The Bertz CT molecular complexity index is 939. The average Bonchev–Trinajstić information content (AvgIpc) is 2.94. The van der Waals surface area contributed by atoms with Crippen molar-refractivity contribution in [2.45, 2.75) is 27.7 Å². The van der Waals surface area contributed by atoms with Crippen molar-refractivity contribution in [3.05, 3.63) is 82.7 Å². The van der Waals surface area contributed by atoms with Crippen molar-refractivity contribution in [3.63, 3.8) is 0 Å². The second-order valence-electron chi connectivity index (χ2n) is 6.76. The fourth-order valence-corrected chi connectivity index (χ4v) is 3.14. The second kappa shape index (κ2) is 8.12. The highest BCUT2D eigenvalue weighted by atomic mass is 16.6. The highest BCUT2D eigenvalue weighted by molar-refractivity contribution is 5.91. The molecule has 0 unspecified atom stereocenters. The van der Waals surface area contributed by atoms with Crippen molar-refractivity contribution in [2.24, 2.45) is 0 Å². The van der Waals surface area contributed by atoms with Crippen LogP contribution in [-0.2, 0) is 4.74 Å². The minimum Gasteiger partial charge on any atom is -0.490 e. The maximum absolute atomic E-state index is 12.5. The van der Waals surface area contributed by atoms with E-state index in [4.69, 9.17) is 9.47 Å². The number of nitrogens with zero attached hydrogens (tertiary/aromatic N) is 1. The molecule has 27 heavy (non-hydrogen) atoms. The lowest BCUT2D eigenvalue weighted by molar-refractivity contribution is 0.0449. The molecule has 0 N–H and O–H groups in total. The third-order valence-corrected chi connectivity index (χ3v) is 4.52. The van der Waals surface area contributed by atoms with E-state index in [0.717, 1.165) is 28.4 Å². The Hall–Kier alpha value is -3.01. The molecule has 0 aliphatic carbocycles. The molecule has 0 aliphatic rings. The molecule has 1 aromatic heterocycles. The third-order valence-electron chi connectivity index (χ3n) is 4.52. The quantitative estimate of drug-likeness (QED) is 0.460. The van der Waals surface area contributed by atoms with Crippen LogP contribution in [0.4, 0.5) is 0 Å². The Morgan fingerprint density at radius 3 is 2.33 bits per heavy atom. The van der Waals surface area contributed by atoms with Crippen LogP contribution in [0.25, 0.3) is 5.69 Å². The highest BCUT2D eigenvalue weighted by Crippen LogP contribution is 2.22. The maximum Gasteiger partial charge on any atom is 0.340 e. The largest absolute Gasteiger partial charge is 0.490 e. The number of aryl methyl sites for hydroxylation is 3. The average molecular weight is 363 g/mol. The molecular formula is C23H25NO3. The van der Waals surface area contributed by atoms with E-state index in [-0.39, 0.29) is 12.6 Å². The molecule has 4 nitrogen and oxygen atoms in total. The molecule has 3 aromatic rings. The van der Waals surface area contributed by atoms with Crippen molar-refractivity contribution in [2.75, 3.05) is 13.2 Å². The predicted octanol–water partition coefficient (Wildman–Crippen LogP) is 4.95. The van der Waals surface area contributed by atoms with E-state index < -0.39 is 0 Å². The first-order chi connectivity index (χ1) is 13.0. The van der Waals surface area contributed by atoms with Crippen LogP contribution in [0, 0.1) is 27.7 Å². The molecule has 0 amide bonds. The number of aromatic nitrogens is 1. The van der Waals surface area contributed by atoms with Crippen LogP contribution in [0.2, 0.25) is 0 Å². The van der Waals surface area contributed by atoms with Gasteiger partial charge in [-0.3, -0.25) is 0 Å². The molecule has 0 bridgehead atoms. The second-order valence-corrected chi connectivity index (χ2v) is 6.76. The number of hydrogen-bond donors (Lipinski definition) is 0. The Kier molecular flexibility index (Phi) is 5.65. The lowest BCUT2D eigenvalue weighted by Gasteiger charge is -2.11. The summed E-state index contributed by atoms with van der Waals surface area (Å²) < 4.78 is 13.1. The van der Waals surface area contributed by atoms with Gasteiger partial charge >= 0.3 is 5.97 Å². The van der Waals surface area contributed by atoms with E-state index in [1.54, 1.807) is 0 Å². The zero-order valence-electron chi connectivity index (χ0n) is 16.3. The summed E-state index contributed by atoms with van der Waals surface area (Å²) in [6.07, 6.45) is 0. The van der Waals surface area contributed by atoms with Crippen molar-refractivity contribution in [3.8, 4) is 11.4 Å². The molecule has 3 rings (SSSR count). The highest BCUT2D eigenvalue weighted by Gasteiger charge is 2.17. The van der Waals surface area contributed by atoms with Gasteiger partial charge in [0.05, 0.1) is 5.56 Å². The van der Waals surface area contributed by atoms with Crippen LogP contribution < -0.4 is 4.74 Å². The number of carbonyl (C=O) groups is 1. The molecule has 0 saturated carbocycles. The summed E-state index contributed by atoms with van der Waals surface area (Å²) in [6, 6.07) is 17.9. The molecule has 0 radical (unpaired) electrons. The Morgan fingerprint density at radius 2 is 1.63 bits per heavy atom. The lowest BCUT2D eigenvalue weighted by atomic mass is 10.2. The van der Waals surface area contributed by atoms with Crippen LogP contribution in [0.15, 0.2) is 54.6 Å². The van der Waals surface area contributed by atoms with Crippen LogP contribution in [0.1, 0.15) is 32.9 Å². The smallest absolute Gasteiger partial charge is 0.340 e. The number of rotatable bonds is 6. The first-order valence-corrected chi connectivity index (χ1v) is 9.08. The van der Waals surface area contributed by atoms with Gasteiger partial charge in [0.1, 0.15) is 19.0 Å². The first-order valence-electron chi connectivity index (χ1n) is 9.08. The summed E-state index contributed by atoms with van der Waals surface area (Å²) in [5.74, 6) is 0.456. The van der Waals surface area contributed by atoms with E-state index in [1.165, 1.54) is 5.56 Å². The molecule has 1 heterocycles. The number of carbonyl (C=O) groups excluding carboxylic acids is 1. The van der Waals surface area contributed by atoms with Crippen LogP contribution >= 0.6 is 0 Å². The zero-order chi connectivity index (χ0) is 19.4. The van der Waals surface area contributed by atoms with E-state index in [2.05, 4.69) is 35.8 Å². The molecule has 0 saturated heterocycles. The van der Waals surface area contributed by atoms with E-state index in [9.17, 15) is 4.79 Å². The standard InChI is InChI=1S/C23H25NO3/c1-16-8-10-20(11-9-16)24-18(3)15-22(19(24)4)23(25)27-13-12-26-21-7-5-6-17(2)14-21/h5-11,14-15H,12-13H2,1-4H3. The van der Waals surface area contributed by atoms with E-state index in [0.29, 0.717) is 12.2 Å².